The molecule has 2 nitrogen and oxygen atoms in total. The van der Waals surface area contributed by atoms with Crippen molar-refractivity contribution in [2.45, 2.75) is 57.5 Å². The van der Waals surface area contributed by atoms with Gasteiger partial charge in [-0.2, -0.15) is 0 Å². The van der Waals surface area contributed by atoms with E-state index < -0.39 is 0 Å². The quantitative estimate of drug-likeness (QED) is 0.875. The Bertz CT molecular complexity index is 435. The second-order valence-electron chi connectivity index (χ2n) is 6.59. The van der Waals surface area contributed by atoms with Crippen LogP contribution in [0, 0.1) is 0 Å². The molecule has 104 valence electrons. The summed E-state index contributed by atoms with van der Waals surface area (Å²) in [7, 11) is 0. The molecule has 2 aliphatic rings. The minimum absolute atomic E-state index is 0.289. The van der Waals surface area contributed by atoms with Gasteiger partial charge in [0.05, 0.1) is 0 Å². The normalized spacial score (nSPS) is 31.1. The van der Waals surface area contributed by atoms with Crippen molar-refractivity contribution in [3.05, 3.63) is 29.8 Å². The molecule has 1 fully saturated rings. The number of nitrogens with one attached hydrogen (secondary N) is 1. The molecule has 1 aromatic rings. The highest BCUT2D eigenvalue weighted by atomic mass is 15.2. The first-order chi connectivity index (χ1) is 9.18. The zero-order chi connectivity index (χ0) is 13.3. The molecule has 0 amide bonds. The molecule has 2 unspecified atom stereocenters. The summed E-state index contributed by atoms with van der Waals surface area (Å²) in [5.41, 5.74) is 3.28. The first-order valence-electron chi connectivity index (χ1n) is 7.78. The molecular formula is C17H26N2. The molecule has 1 saturated heterocycles. The predicted molar refractivity (Wildman–Crippen MR) is 81.8 cm³/mol. The Morgan fingerprint density at radius 3 is 2.95 bits per heavy atom. The summed E-state index contributed by atoms with van der Waals surface area (Å²) in [4.78, 5) is 2.64. The third-order valence-corrected chi connectivity index (χ3v) is 4.89. The molecule has 0 aromatic heterocycles. The van der Waals surface area contributed by atoms with Crippen LogP contribution in [0.4, 0.5) is 5.69 Å². The first kappa shape index (κ1) is 13.0. The molecule has 0 saturated carbocycles. The largest absolute Gasteiger partial charge is 0.367 e. The molecular weight excluding hydrogens is 232 g/mol. The highest BCUT2D eigenvalue weighted by Crippen LogP contribution is 2.33. The van der Waals surface area contributed by atoms with E-state index in [0.29, 0.717) is 6.04 Å². The molecule has 0 radical (unpaired) electrons. The van der Waals surface area contributed by atoms with E-state index in [1.165, 1.54) is 49.9 Å². The third-order valence-electron chi connectivity index (χ3n) is 4.89. The molecule has 1 aromatic carbocycles. The van der Waals surface area contributed by atoms with Gasteiger partial charge in [-0.15, -0.1) is 0 Å². The van der Waals surface area contributed by atoms with Gasteiger partial charge < -0.3 is 10.2 Å². The summed E-state index contributed by atoms with van der Waals surface area (Å²) in [5, 5.41) is 3.75. The maximum atomic E-state index is 3.75. The summed E-state index contributed by atoms with van der Waals surface area (Å²) in [6.07, 6.45) is 6.53. The van der Waals surface area contributed by atoms with Gasteiger partial charge in [-0.25, -0.2) is 0 Å². The van der Waals surface area contributed by atoms with Crippen LogP contribution in [0.3, 0.4) is 0 Å². The van der Waals surface area contributed by atoms with Crippen molar-refractivity contribution < 1.29 is 0 Å². The van der Waals surface area contributed by atoms with Crippen LogP contribution >= 0.6 is 0 Å². The molecule has 2 heteroatoms. The Labute approximate surface area is 117 Å². The van der Waals surface area contributed by atoms with Crippen LogP contribution in [0.25, 0.3) is 0 Å². The van der Waals surface area contributed by atoms with Crippen LogP contribution in [0.2, 0.25) is 0 Å². The number of nitrogens with zero attached hydrogens (tertiary/aromatic N) is 1. The van der Waals surface area contributed by atoms with E-state index in [4.69, 9.17) is 0 Å². The van der Waals surface area contributed by atoms with Gasteiger partial charge in [0.25, 0.3) is 0 Å². The van der Waals surface area contributed by atoms with E-state index in [-0.39, 0.29) is 5.54 Å². The number of aryl methyl sites for hydroxylation is 1. The Balaban J connectivity index is 1.83. The zero-order valence-corrected chi connectivity index (χ0v) is 12.3. The van der Waals surface area contributed by atoms with Gasteiger partial charge in [-0.05, 0) is 57.7 Å². The summed E-state index contributed by atoms with van der Waals surface area (Å²) < 4.78 is 0. The van der Waals surface area contributed by atoms with Gasteiger partial charge in [-0.1, -0.05) is 24.6 Å². The summed E-state index contributed by atoms with van der Waals surface area (Å²) in [6, 6.07) is 9.62. The van der Waals surface area contributed by atoms with E-state index >= 15 is 0 Å². The lowest BCUT2D eigenvalue weighted by Crippen LogP contribution is -2.56. The lowest BCUT2D eigenvalue weighted by Gasteiger charge is -2.45. The number of hydrogen-bond donors (Lipinski definition) is 1. The molecule has 0 spiro atoms. The van der Waals surface area contributed by atoms with E-state index in [2.05, 4.69) is 48.3 Å². The van der Waals surface area contributed by atoms with E-state index in [9.17, 15) is 0 Å². The number of hydrogen-bond acceptors (Lipinski definition) is 2. The van der Waals surface area contributed by atoms with E-state index in [1.807, 2.05) is 0 Å². The minimum atomic E-state index is 0.289. The van der Waals surface area contributed by atoms with Crippen LogP contribution in [-0.4, -0.2) is 24.7 Å². The SMILES string of the molecule is CC1CCc2ccccc2N1CC1(C)CCCCN1. The van der Waals surface area contributed by atoms with Gasteiger partial charge >= 0.3 is 0 Å². The molecule has 1 N–H and O–H groups in total. The monoisotopic (exact) mass is 258 g/mol. The Morgan fingerprint density at radius 1 is 1.32 bits per heavy atom. The van der Waals surface area contributed by atoms with Crippen molar-refractivity contribution in [3.8, 4) is 0 Å². The van der Waals surface area contributed by atoms with Crippen molar-refractivity contribution >= 4 is 5.69 Å². The average molecular weight is 258 g/mol. The Hall–Kier alpha value is -1.02. The fourth-order valence-corrected chi connectivity index (χ4v) is 3.63. The van der Waals surface area contributed by atoms with E-state index in [1.54, 1.807) is 0 Å². The molecule has 2 atom stereocenters. The van der Waals surface area contributed by atoms with E-state index in [0.717, 1.165) is 6.54 Å². The molecule has 0 aliphatic carbocycles. The molecule has 2 aliphatic heterocycles. The van der Waals surface area contributed by atoms with Crippen molar-refractivity contribution in [2.24, 2.45) is 0 Å². The maximum absolute atomic E-state index is 3.75. The molecule has 2 heterocycles. The second kappa shape index (κ2) is 5.16. The van der Waals surface area contributed by atoms with Gasteiger partial charge in [0, 0.05) is 23.8 Å². The summed E-state index contributed by atoms with van der Waals surface area (Å²) >= 11 is 0. The van der Waals surface area contributed by atoms with Crippen LogP contribution in [0.15, 0.2) is 24.3 Å². The topological polar surface area (TPSA) is 15.3 Å². The van der Waals surface area contributed by atoms with Crippen LogP contribution in [0.1, 0.15) is 45.1 Å². The van der Waals surface area contributed by atoms with Gasteiger partial charge in [0.1, 0.15) is 0 Å². The number of rotatable bonds is 2. The minimum Gasteiger partial charge on any atom is -0.367 e. The number of benzene rings is 1. The Morgan fingerprint density at radius 2 is 2.16 bits per heavy atom. The lowest BCUT2D eigenvalue weighted by atomic mass is 9.88. The summed E-state index contributed by atoms with van der Waals surface area (Å²) in [5.74, 6) is 0. The average Bonchev–Trinajstić information content (AvgIpc) is 2.43. The fourth-order valence-electron chi connectivity index (χ4n) is 3.63. The fraction of sp³-hybridized carbons (Fsp3) is 0.647. The van der Waals surface area contributed by atoms with Gasteiger partial charge in [-0.3, -0.25) is 0 Å². The number of fused-ring (bicyclic) bond motifs is 1. The van der Waals surface area contributed by atoms with Crippen molar-refractivity contribution in [1.29, 1.82) is 0 Å². The van der Waals surface area contributed by atoms with Crippen molar-refractivity contribution in [3.63, 3.8) is 0 Å². The number of piperidine rings is 1. The van der Waals surface area contributed by atoms with Crippen LogP contribution in [0.5, 0.6) is 0 Å². The maximum Gasteiger partial charge on any atom is 0.0401 e. The lowest BCUT2D eigenvalue weighted by molar-refractivity contribution is 0.273. The highest BCUT2D eigenvalue weighted by molar-refractivity contribution is 5.56. The van der Waals surface area contributed by atoms with Crippen LogP contribution < -0.4 is 10.2 Å². The van der Waals surface area contributed by atoms with Gasteiger partial charge in [0.2, 0.25) is 0 Å². The smallest absolute Gasteiger partial charge is 0.0401 e. The highest BCUT2D eigenvalue weighted by Gasteiger charge is 2.32. The first-order valence-corrected chi connectivity index (χ1v) is 7.78. The van der Waals surface area contributed by atoms with Crippen molar-refractivity contribution in [1.82, 2.24) is 5.32 Å². The summed E-state index contributed by atoms with van der Waals surface area (Å²) in [6.45, 7) is 7.10. The Kier molecular flexibility index (Phi) is 3.53. The third kappa shape index (κ3) is 2.64. The predicted octanol–water partition coefficient (Wildman–Crippen LogP) is 3.36. The zero-order valence-electron chi connectivity index (χ0n) is 12.3. The number of para-hydroxylation sites is 1. The van der Waals surface area contributed by atoms with Crippen molar-refractivity contribution in [2.75, 3.05) is 18.0 Å². The van der Waals surface area contributed by atoms with Gasteiger partial charge in [0.15, 0.2) is 0 Å². The van der Waals surface area contributed by atoms with Crippen LogP contribution in [-0.2, 0) is 6.42 Å². The second-order valence-corrected chi connectivity index (χ2v) is 6.59. The standard InChI is InChI=1S/C17H26N2/c1-14-9-10-15-7-3-4-8-16(15)19(14)13-17(2)11-5-6-12-18-17/h3-4,7-8,14,18H,5-6,9-13H2,1-2H3. The number of anilines is 1. The molecule has 19 heavy (non-hydrogen) atoms. The molecule has 3 rings (SSSR count). The molecule has 0 bridgehead atoms.